The monoisotopic (exact) mass is 560 g/mol. The van der Waals surface area contributed by atoms with Crippen LogP contribution < -0.4 is 21.3 Å². The first-order chi connectivity index (χ1) is 19.1. The highest BCUT2D eigenvalue weighted by molar-refractivity contribution is 6.14. The number of hydrogen-bond donors (Lipinski definition) is 5. The maximum absolute atomic E-state index is 15.0. The van der Waals surface area contributed by atoms with Crippen LogP contribution in [0.4, 0.5) is 13.6 Å². The van der Waals surface area contributed by atoms with Gasteiger partial charge in [-0.25, -0.2) is 14.2 Å². The lowest BCUT2D eigenvalue weighted by atomic mass is 9.96. The molecule has 0 aliphatic heterocycles. The summed E-state index contributed by atoms with van der Waals surface area (Å²) < 4.78 is 33.6. The van der Waals surface area contributed by atoms with E-state index in [2.05, 4.69) is 31.2 Å². The Morgan fingerprint density at radius 1 is 1.27 bits per heavy atom. The number of halogens is 2. The Morgan fingerprint density at radius 2 is 2.02 bits per heavy atom. The Morgan fingerprint density at radius 3 is 2.67 bits per heavy atom. The maximum atomic E-state index is 15.0. The molecule has 0 bridgehead atoms. The van der Waals surface area contributed by atoms with Crippen LogP contribution in [-0.2, 0) is 9.53 Å². The lowest BCUT2D eigenvalue weighted by molar-refractivity contribution is -0.117. The molecular weight excluding hydrogens is 522 g/mol. The minimum atomic E-state index is -1.23. The number of aromatic nitrogens is 1. The molecule has 0 unspecified atom stereocenters. The summed E-state index contributed by atoms with van der Waals surface area (Å²) in [5.41, 5.74) is 2.16. The molecule has 218 valence electrons. The van der Waals surface area contributed by atoms with E-state index >= 15 is 0 Å². The number of carbonyl (C=O) groups is 2. The van der Waals surface area contributed by atoms with E-state index in [1.54, 1.807) is 34.1 Å². The molecule has 40 heavy (non-hydrogen) atoms. The average Bonchev–Trinajstić information content (AvgIpc) is 2.92. The second-order valence-corrected chi connectivity index (χ2v) is 9.03. The van der Waals surface area contributed by atoms with Gasteiger partial charge in [0.25, 0.3) is 0 Å². The van der Waals surface area contributed by atoms with Crippen LogP contribution in [0.25, 0.3) is 0 Å². The van der Waals surface area contributed by atoms with Gasteiger partial charge in [-0.05, 0) is 56.0 Å². The number of nitrogens with zero attached hydrogens (tertiary/aromatic N) is 2. The van der Waals surface area contributed by atoms with E-state index in [0.29, 0.717) is 42.1 Å². The van der Waals surface area contributed by atoms with Crippen molar-refractivity contribution in [3.63, 3.8) is 0 Å². The first kappa shape index (κ1) is 32.5. The molecule has 0 fully saturated rings. The molecule has 1 aromatic heterocycles. The number of hydrogen-bond acceptors (Lipinski definition) is 7. The molecule has 2 atom stereocenters. The fourth-order valence-electron chi connectivity index (χ4n) is 4.02. The fraction of sp³-hybridized carbons (Fsp3) is 0.429. The maximum Gasteiger partial charge on any atom is 0.319 e. The summed E-state index contributed by atoms with van der Waals surface area (Å²) in [7, 11) is 4.55. The Hall–Kier alpha value is -3.74. The largest absolute Gasteiger partial charge is 0.386 e. The van der Waals surface area contributed by atoms with E-state index in [-0.39, 0.29) is 24.1 Å². The van der Waals surface area contributed by atoms with Crippen LogP contribution in [0.1, 0.15) is 38.4 Å². The summed E-state index contributed by atoms with van der Waals surface area (Å²) in [6.45, 7) is 4.45. The number of aliphatic hydroxyl groups excluding tert-OH is 1. The SMILES string of the molecule is C/N=C(C1=C\C(F)=C(\C(=O)NC)CC/C=C\1)\C(C)=C(/C)NC(=O)N[C@H](CNCCOC)[C@@H](O)c1ccnc(F)c1. The molecule has 1 aliphatic carbocycles. The Balaban J connectivity index is 2.26. The van der Waals surface area contributed by atoms with Crippen molar-refractivity contribution in [1.29, 1.82) is 0 Å². The molecule has 0 saturated carbocycles. The van der Waals surface area contributed by atoms with Crippen molar-refractivity contribution in [3.8, 4) is 0 Å². The zero-order valence-corrected chi connectivity index (χ0v) is 23.5. The molecule has 2 rings (SSSR count). The van der Waals surface area contributed by atoms with E-state index in [1.165, 1.54) is 25.4 Å². The van der Waals surface area contributed by atoms with Crippen molar-refractivity contribution in [2.75, 3.05) is 40.9 Å². The first-order valence-corrected chi connectivity index (χ1v) is 12.8. The van der Waals surface area contributed by atoms with Crippen LogP contribution in [0.5, 0.6) is 0 Å². The quantitative estimate of drug-likeness (QED) is 0.152. The standard InChI is InChI=1S/C28H38F2N6O4/c1-17(25(31-3)19-8-6-7-9-21(22(29)14-19)27(38)32-4)18(2)35-28(39)36-23(16-33-12-13-40-5)26(37)20-10-11-34-24(30)15-20/h6,8,10-11,14-15,23,26,33,37H,7,9,12-13,16H2,1-5H3,(H,32,38)(H2,35,36,39)/b8-6-,18-17+,19-14-,22-21-,31-25+/t23-,26+/m1/s1. The molecule has 12 heteroatoms. The summed E-state index contributed by atoms with van der Waals surface area (Å²) in [5.74, 6) is -1.89. The summed E-state index contributed by atoms with van der Waals surface area (Å²) in [5, 5.41) is 21.9. The minimum Gasteiger partial charge on any atom is -0.386 e. The Kier molecular flexibility index (Phi) is 13.3. The van der Waals surface area contributed by atoms with Crippen LogP contribution in [0.2, 0.25) is 0 Å². The van der Waals surface area contributed by atoms with Crippen molar-refractivity contribution in [2.45, 2.75) is 38.8 Å². The smallest absolute Gasteiger partial charge is 0.319 e. The molecule has 10 nitrogen and oxygen atoms in total. The third-order valence-corrected chi connectivity index (χ3v) is 6.28. The van der Waals surface area contributed by atoms with Crippen molar-refractivity contribution >= 4 is 17.6 Å². The number of urea groups is 1. The van der Waals surface area contributed by atoms with Crippen LogP contribution in [-0.4, -0.2) is 74.7 Å². The number of rotatable bonds is 12. The van der Waals surface area contributed by atoms with Gasteiger partial charge >= 0.3 is 6.03 Å². The number of amides is 3. The second kappa shape index (κ2) is 16.4. The van der Waals surface area contributed by atoms with Gasteiger partial charge in [0.1, 0.15) is 11.9 Å². The van der Waals surface area contributed by atoms with Crippen molar-refractivity contribution in [3.05, 3.63) is 76.3 Å². The first-order valence-electron chi connectivity index (χ1n) is 12.8. The normalized spacial score (nSPS) is 20.2. The zero-order valence-electron chi connectivity index (χ0n) is 23.5. The molecule has 1 heterocycles. The number of nitrogens with one attached hydrogen (secondary N) is 4. The second-order valence-electron chi connectivity index (χ2n) is 9.03. The van der Waals surface area contributed by atoms with Gasteiger partial charge < -0.3 is 31.1 Å². The van der Waals surface area contributed by atoms with Crippen LogP contribution >= 0.6 is 0 Å². The number of pyridine rings is 1. The highest BCUT2D eigenvalue weighted by Crippen LogP contribution is 2.23. The number of aliphatic hydroxyl groups is 1. The summed E-state index contributed by atoms with van der Waals surface area (Å²) in [4.78, 5) is 32.9. The molecular formula is C28H38F2N6O4. The Bertz CT molecular complexity index is 1210. The topological polar surface area (TPSA) is 137 Å². The van der Waals surface area contributed by atoms with Gasteiger partial charge in [-0.1, -0.05) is 12.2 Å². The van der Waals surface area contributed by atoms with E-state index in [1.807, 2.05) is 6.08 Å². The molecule has 0 radical (unpaired) electrons. The van der Waals surface area contributed by atoms with Crippen molar-refractivity contribution in [1.82, 2.24) is 26.3 Å². The van der Waals surface area contributed by atoms with Gasteiger partial charge in [0.05, 0.1) is 23.9 Å². The molecule has 1 aromatic rings. The minimum absolute atomic E-state index is 0.0495. The lowest BCUT2D eigenvalue weighted by Crippen LogP contribution is -2.49. The molecule has 0 saturated heterocycles. The van der Waals surface area contributed by atoms with Gasteiger partial charge in [0.2, 0.25) is 11.9 Å². The van der Waals surface area contributed by atoms with Crippen molar-refractivity contribution in [2.24, 2.45) is 4.99 Å². The number of carbonyl (C=O) groups excluding carboxylic acids is 2. The Labute approximate surface area is 233 Å². The lowest BCUT2D eigenvalue weighted by Gasteiger charge is -2.25. The molecule has 1 aliphatic rings. The molecule has 5 N–H and O–H groups in total. The van der Waals surface area contributed by atoms with E-state index in [9.17, 15) is 23.5 Å². The predicted octanol–water partition coefficient (Wildman–Crippen LogP) is 2.77. The third kappa shape index (κ3) is 9.47. The van der Waals surface area contributed by atoms with Gasteiger partial charge in [0, 0.05) is 51.8 Å². The van der Waals surface area contributed by atoms with E-state index in [4.69, 9.17) is 4.74 Å². The third-order valence-electron chi connectivity index (χ3n) is 6.28. The van der Waals surface area contributed by atoms with E-state index in [0.717, 1.165) is 6.07 Å². The van der Waals surface area contributed by atoms with Gasteiger partial charge in [-0.3, -0.25) is 9.79 Å². The highest BCUT2D eigenvalue weighted by atomic mass is 19.1. The summed E-state index contributed by atoms with van der Waals surface area (Å²) >= 11 is 0. The average molecular weight is 561 g/mol. The molecule has 3 amide bonds. The van der Waals surface area contributed by atoms with Crippen LogP contribution in [0, 0.1) is 5.95 Å². The number of likely N-dealkylation sites (N-methyl/N-ethyl adjacent to an activating group) is 1. The van der Waals surface area contributed by atoms with E-state index < -0.39 is 35.9 Å². The van der Waals surface area contributed by atoms with Crippen LogP contribution in [0.3, 0.4) is 0 Å². The summed E-state index contributed by atoms with van der Waals surface area (Å²) in [6.07, 6.45) is 5.55. The summed E-state index contributed by atoms with van der Waals surface area (Å²) in [6, 6.07) is 1.12. The fourth-order valence-corrected chi connectivity index (χ4v) is 4.02. The number of allylic oxidation sites excluding steroid dienone is 7. The van der Waals surface area contributed by atoms with Gasteiger partial charge in [-0.2, -0.15) is 4.39 Å². The predicted molar refractivity (Wildman–Crippen MR) is 150 cm³/mol. The molecule has 0 aromatic carbocycles. The highest BCUT2D eigenvalue weighted by Gasteiger charge is 2.24. The zero-order chi connectivity index (χ0) is 29.7. The van der Waals surface area contributed by atoms with Crippen LogP contribution in [0.15, 0.2) is 69.8 Å². The number of aliphatic imine (C=N–C) groups is 1. The number of methoxy groups -OCH3 is 1. The van der Waals surface area contributed by atoms with Gasteiger partial charge in [-0.15, -0.1) is 0 Å². The molecule has 0 spiro atoms. The van der Waals surface area contributed by atoms with Gasteiger partial charge in [0.15, 0.2) is 0 Å². The number of ether oxygens (including phenoxy) is 1. The van der Waals surface area contributed by atoms with Crippen molar-refractivity contribution < 1.29 is 28.2 Å².